The summed E-state index contributed by atoms with van der Waals surface area (Å²) < 4.78 is 1.79. The van der Waals surface area contributed by atoms with Gasteiger partial charge in [-0.15, -0.1) is 0 Å². The maximum absolute atomic E-state index is 11.9. The first-order valence-electron chi connectivity index (χ1n) is 5.81. The SMILES string of the molecule is Cc1cc(=O)n(CC2(CCN)CC2)c(C)n1. The largest absolute Gasteiger partial charge is 0.330 e. The Morgan fingerprint density at radius 1 is 1.50 bits per heavy atom. The summed E-state index contributed by atoms with van der Waals surface area (Å²) in [5, 5.41) is 0. The van der Waals surface area contributed by atoms with Crippen molar-refractivity contribution >= 4 is 0 Å². The minimum Gasteiger partial charge on any atom is -0.330 e. The van der Waals surface area contributed by atoms with E-state index in [0.29, 0.717) is 6.54 Å². The summed E-state index contributed by atoms with van der Waals surface area (Å²) in [5.41, 5.74) is 6.74. The highest BCUT2D eigenvalue weighted by molar-refractivity contribution is 5.04. The highest BCUT2D eigenvalue weighted by Gasteiger charge is 2.42. The van der Waals surface area contributed by atoms with Gasteiger partial charge in [0.15, 0.2) is 0 Å². The minimum absolute atomic E-state index is 0.0632. The molecule has 0 aliphatic heterocycles. The van der Waals surface area contributed by atoms with Gasteiger partial charge in [-0.25, -0.2) is 4.98 Å². The fourth-order valence-corrected chi connectivity index (χ4v) is 2.26. The first-order valence-corrected chi connectivity index (χ1v) is 5.81. The minimum atomic E-state index is 0.0632. The van der Waals surface area contributed by atoms with Crippen LogP contribution in [0.25, 0.3) is 0 Å². The van der Waals surface area contributed by atoms with Gasteiger partial charge in [-0.05, 0) is 45.1 Å². The Bertz CT molecular complexity index is 446. The molecule has 1 saturated carbocycles. The van der Waals surface area contributed by atoms with Crippen molar-refractivity contribution in [3.05, 3.63) is 27.9 Å². The summed E-state index contributed by atoms with van der Waals surface area (Å²) in [6, 6.07) is 1.60. The molecule has 0 atom stereocenters. The number of hydrogen-bond acceptors (Lipinski definition) is 3. The maximum Gasteiger partial charge on any atom is 0.253 e. The van der Waals surface area contributed by atoms with Crippen LogP contribution in [0.5, 0.6) is 0 Å². The number of aromatic nitrogens is 2. The van der Waals surface area contributed by atoms with Crippen molar-refractivity contribution in [3.8, 4) is 0 Å². The second kappa shape index (κ2) is 4.01. The third-order valence-electron chi connectivity index (χ3n) is 3.45. The molecule has 4 heteroatoms. The van der Waals surface area contributed by atoms with Gasteiger partial charge in [0, 0.05) is 18.3 Å². The summed E-state index contributed by atoms with van der Waals surface area (Å²) in [6.45, 7) is 5.23. The third-order valence-corrected chi connectivity index (χ3v) is 3.45. The van der Waals surface area contributed by atoms with Crippen molar-refractivity contribution in [2.45, 2.75) is 39.7 Å². The molecule has 0 unspecified atom stereocenters. The standard InChI is InChI=1S/C12H19N3O/c1-9-7-11(16)15(10(2)14-9)8-12(3-4-12)5-6-13/h7H,3-6,8,13H2,1-2H3. The molecule has 0 saturated heterocycles. The van der Waals surface area contributed by atoms with Gasteiger partial charge in [-0.1, -0.05) is 0 Å². The third kappa shape index (κ3) is 2.16. The van der Waals surface area contributed by atoms with Crippen LogP contribution in [0.1, 0.15) is 30.8 Å². The average Bonchev–Trinajstić information content (AvgIpc) is 2.93. The molecule has 2 N–H and O–H groups in total. The van der Waals surface area contributed by atoms with E-state index in [-0.39, 0.29) is 11.0 Å². The molecular weight excluding hydrogens is 202 g/mol. The average molecular weight is 221 g/mol. The van der Waals surface area contributed by atoms with Gasteiger partial charge in [0.2, 0.25) is 0 Å². The van der Waals surface area contributed by atoms with E-state index < -0.39 is 0 Å². The number of nitrogens with two attached hydrogens (primary N) is 1. The molecule has 1 aliphatic rings. The van der Waals surface area contributed by atoms with Gasteiger partial charge in [-0.2, -0.15) is 0 Å². The molecule has 2 rings (SSSR count). The van der Waals surface area contributed by atoms with Crippen LogP contribution in [-0.2, 0) is 6.54 Å². The monoisotopic (exact) mass is 221 g/mol. The Kier molecular flexibility index (Phi) is 2.84. The van der Waals surface area contributed by atoms with Crippen molar-refractivity contribution in [1.82, 2.24) is 9.55 Å². The predicted molar refractivity (Wildman–Crippen MR) is 63.3 cm³/mol. The lowest BCUT2D eigenvalue weighted by Gasteiger charge is -2.17. The van der Waals surface area contributed by atoms with Crippen LogP contribution in [0.2, 0.25) is 0 Å². The van der Waals surface area contributed by atoms with Crippen molar-refractivity contribution < 1.29 is 0 Å². The number of aryl methyl sites for hydroxylation is 2. The van der Waals surface area contributed by atoms with E-state index in [4.69, 9.17) is 5.73 Å². The molecule has 1 aromatic rings. The number of nitrogens with zero attached hydrogens (tertiary/aromatic N) is 2. The van der Waals surface area contributed by atoms with Gasteiger partial charge in [0.1, 0.15) is 5.82 Å². The van der Waals surface area contributed by atoms with Gasteiger partial charge in [-0.3, -0.25) is 9.36 Å². The molecule has 1 aromatic heterocycles. The molecule has 4 nitrogen and oxygen atoms in total. The van der Waals surface area contributed by atoms with E-state index in [0.717, 1.165) is 24.5 Å². The zero-order valence-electron chi connectivity index (χ0n) is 9.99. The summed E-state index contributed by atoms with van der Waals surface area (Å²) in [5.74, 6) is 0.813. The molecule has 1 aliphatic carbocycles. The highest BCUT2D eigenvalue weighted by atomic mass is 16.1. The van der Waals surface area contributed by atoms with Crippen LogP contribution in [0.4, 0.5) is 0 Å². The Labute approximate surface area is 95.5 Å². The molecule has 0 bridgehead atoms. The molecule has 0 radical (unpaired) electrons. The zero-order chi connectivity index (χ0) is 11.8. The second-order valence-electron chi connectivity index (χ2n) is 4.91. The highest BCUT2D eigenvalue weighted by Crippen LogP contribution is 2.49. The molecular formula is C12H19N3O. The maximum atomic E-state index is 11.9. The van der Waals surface area contributed by atoms with E-state index >= 15 is 0 Å². The quantitative estimate of drug-likeness (QED) is 0.824. The van der Waals surface area contributed by atoms with E-state index in [9.17, 15) is 4.79 Å². The van der Waals surface area contributed by atoms with Crippen molar-refractivity contribution in [2.75, 3.05) is 6.54 Å². The van der Waals surface area contributed by atoms with Crippen molar-refractivity contribution in [2.24, 2.45) is 11.1 Å². The summed E-state index contributed by atoms with van der Waals surface area (Å²) in [6.07, 6.45) is 3.38. The van der Waals surface area contributed by atoms with Gasteiger partial charge < -0.3 is 5.73 Å². The Balaban J connectivity index is 2.25. The van der Waals surface area contributed by atoms with E-state index in [1.54, 1.807) is 10.6 Å². The van der Waals surface area contributed by atoms with Gasteiger partial charge in [0.25, 0.3) is 5.56 Å². The van der Waals surface area contributed by atoms with Crippen LogP contribution in [0.3, 0.4) is 0 Å². The molecule has 1 heterocycles. The summed E-state index contributed by atoms with van der Waals surface area (Å²) >= 11 is 0. The Morgan fingerprint density at radius 3 is 2.69 bits per heavy atom. The first kappa shape index (κ1) is 11.3. The van der Waals surface area contributed by atoms with Crippen LogP contribution in [0, 0.1) is 19.3 Å². The molecule has 1 fully saturated rings. The van der Waals surface area contributed by atoms with E-state index in [1.165, 1.54) is 12.8 Å². The fourth-order valence-electron chi connectivity index (χ4n) is 2.26. The molecule has 0 spiro atoms. The topological polar surface area (TPSA) is 60.9 Å². The lowest BCUT2D eigenvalue weighted by Crippen LogP contribution is -2.28. The number of hydrogen-bond donors (Lipinski definition) is 1. The smallest absolute Gasteiger partial charge is 0.253 e. The Hall–Kier alpha value is -1.16. The van der Waals surface area contributed by atoms with Crippen LogP contribution in [0.15, 0.2) is 10.9 Å². The summed E-state index contributed by atoms with van der Waals surface area (Å²) in [4.78, 5) is 16.2. The summed E-state index contributed by atoms with van der Waals surface area (Å²) in [7, 11) is 0. The normalized spacial score (nSPS) is 17.4. The first-order chi connectivity index (χ1) is 7.56. The van der Waals surface area contributed by atoms with Crippen LogP contribution in [-0.4, -0.2) is 16.1 Å². The van der Waals surface area contributed by atoms with Crippen molar-refractivity contribution in [3.63, 3.8) is 0 Å². The lowest BCUT2D eigenvalue weighted by molar-refractivity contribution is 0.383. The Morgan fingerprint density at radius 2 is 2.19 bits per heavy atom. The predicted octanol–water partition coefficient (Wildman–Crippen LogP) is 0.989. The van der Waals surface area contributed by atoms with Gasteiger partial charge >= 0.3 is 0 Å². The molecule has 88 valence electrons. The van der Waals surface area contributed by atoms with E-state index in [1.807, 2.05) is 13.8 Å². The van der Waals surface area contributed by atoms with E-state index in [2.05, 4.69) is 4.98 Å². The van der Waals surface area contributed by atoms with Crippen LogP contribution >= 0.6 is 0 Å². The second-order valence-corrected chi connectivity index (χ2v) is 4.91. The molecule has 0 amide bonds. The zero-order valence-corrected chi connectivity index (χ0v) is 9.99. The molecule has 0 aromatic carbocycles. The van der Waals surface area contributed by atoms with Crippen molar-refractivity contribution in [1.29, 1.82) is 0 Å². The fraction of sp³-hybridized carbons (Fsp3) is 0.667. The van der Waals surface area contributed by atoms with Crippen LogP contribution < -0.4 is 11.3 Å². The molecule has 16 heavy (non-hydrogen) atoms. The lowest BCUT2D eigenvalue weighted by atomic mass is 10.0. The van der Waals surface area contributed by atoms with Gasteiger partial charge in [0.05, 0.1) is 0 Å². The number of rotatable bonds is 4.